The van der Waals surface area contributed by atoms with Crippen LogP contribution < -0.4 is 5.32 Å². The maximum absolute atomic E-state index is 12.1. The molecule has 1 aromatic carbocycles. The number of nitrogens with one attached hydrogen (secondary N) is 1. The Bertz CT molecular complexity index is 633. The van der Waals surface area contributed by atoms with Crippen molar-refractivity contribution < 1.29 is 14.7 Å². The number of hydrogen-bond acceptors (Lipinski definition) is 4. The van der Waals surface area contributed by atoms with Crippen LogP contribution >= 0.6 is 0 Å². The number of amides is 1. The van der Waals surface area contributed by atoms with Gasteiger partial charge < -0.3 is 10.4 Å². The first-order chi connectivity index (χ1) is 9.49. The zero-order chi connectivity index (χ0) is 14.7. The van der Waals surface area contributed by atoms with E-state index in [1.807, 2.05) is 19.1 Å². The minimum absolute atomic E-state index is 0.128. The molecule has 1 atom stereocenters. The van der Waals surface area contributed by atoms with Gasteiger partial charge in [-0.1, -0.05) is 22.9 Å². The predicted molar refractivity (Wildman–Crippen MR) is 71.5 cm³/mol. The fourth-order valence-corrected chi connectivity index (χ4v) is 1.68. The van der Waals surface area contributed by atoms with Crippen LogP contribution in [-0.2, 0) is 4.79 Å². The number of aryl methyl sites for hydroxylation is 1. The highest BCUT2D eigenvalue weighted by atomic mass is 16.4. The van der Waals surface area contributed by atoms with Gasteiger partial charge in [0.15, 0.2) is 5.69 Å². The van der Waals surface area contributed by atoms with Crippen LogP contribution in [0, 0.1) is 6.92 Å². The number of rotatable bonds is 4. The van der Waals surface area contributed by atoms with Crippen molar-refractivity contribution in [2.45, 2.75) is 19.9 Å². The molecule has 1 amide bonds. The molecule has 1 unspecified atom stereocenters. The van der Waals surface area contributed by atoms with E-state index in [4.69, 9.17) is 5.11 Å². The van der Waals surface area contributed by atoms with E-state index < -0.39 is 12.0 Å². The lowest BCUT2D eigenvalue weighted by molar-refractivity contribution is -0.119. The summed E-state index contributed by atoms with van der Waals surface area (Å²) in [6.07, 6.45) is 1.11. The fraction of sp³-hybridized carbons (Fsp3) is 0.231. The van der Waals surface area contributed by atoms with Gasteiger partial charge in [-0.3, -0.25) is 4.79 Å². The van der Waals surface area contributed by atoms with Crippen LogP contribution in [0.25, 0.3) is 0 Å². The highest BCUT2D eigenvalue weighted by Crippen LogP contribution is 2.13. The van der Waals surface area contributed by atoms with Crippen molar-refractivity contribution in [3.05, 3.63) is 41.7 Å². The topological polar surface area (TPSA) is 97.1 Å². The standard InChI is InChI=1S/C13H14N4O3/c1-8-3-5-10(6-4-8)15-12(18)9(2)17-11(13(19)20)7-14-16-17/h3-7,9H,1-2H3,(H,15,18)(H,19,20). The fourth-order valence-electron chi connectivity index (χ4n) is 1.68. The summed E-state index contributed by atoms with van der Waals surface area (Å²) in [5.41, 5.74) is 1.60. The zero-order valence-corrected chi connectivity index (χ0v) is 11.1. The van der Waals surface area contributed by atoms with E-state index in [2.05, 4.69) is 15.6 Å². The molecule has 2 aromatic rings. The summed E-state index contributed by atoms with van der Waals surface area (Å²) in [5.74, 6) is -1.54. The number of carboxylic acid groups (broad SMARTS) is 1. The lowest BCUT2D eigenvalue weighted by Gasteiger charge is -2.13. The molecule has 2 rings (SSSR count). The average molecular weight is 274 g/mol. The highest BCUT2D eigenvalue weighted by Gasteiger charge is 2.22. The number of carboxylic acids is 1. The van der Waals surface area contributed by atoms with E-state index in [9.17, 15) is 9.59 Å². The number of hydrogen-bond donors (Lipinski definition) is 2. The van der Waals surface area contributed by atoms with Crippen molar-refractivity contribution in [1.82, 2.24) is 15.0 Å². The van der Waals surface area contributed by atoms with Gasteiger partial charge in [-0.25, -0.2) is 9.48 Å². The molecule has 0 spiro atoms. The van der Waals surface area contributed by atoms with Crippen LogP contribution in [0.5, 0.6) is 0 Å². The van der Waals surface area contributed by atoms with Crippen LogP contribution in [-0.4, -0.2) is 32.0 Å². The smallest absolute Gasteiger partial charge is 0.355 e. The molecular formula is C13H14N4O3. The van der Waals surface area contributed by atoms with Crippen LogP contribution in [0.4, 0.5) is 5.69 Å². The monoisotopic (exact) mass is 274 g/mol. The third-order valence-electron chi connectivity index (χ3n) is 2.86. The summed E-state index contributed by atoms with van der Waals surface area (Å²) >= 11 is 0. The normalized spacial score (nSPS) is 11.9. The molecule has 1 aromatic heterocycles. The molecule has 0 bridgehead atoms. The summed E-state index contributed by atoms with van der Waals surface area (Å²) < 4.78 is 1.08. The molecule has 0 saturated carbocycles. The van der Waals surface area contributed by atoms with Crippen LogP contribution in [0.2, 0.25) is 0 Å². The van der Waals surface area contributed by atoms with Crippen molar-refractivity contribution in [2.24, 2.45) is 0 Å². The molecule has 0 saturated heterocycles. The Kier molecular flexibility index (Phi) is 3.79. The van der Waals surface area contributed by atoms with Gasteiger partial charge in [-0.2, -0.15) is 0 Å². The summed E-state index contributed by atoms with van der Waals surface area (Å²) in [6.45, 7) is 3.51. The largest absolute Gasteiger partial charge is 0.476 e. The Morgan fingerprint density at radius 3 is 2.55 bits per heavy atom. The Hall–Kier alpha value is -2.70. The highest BCUT2D eigenvalue weighted by molar-refractivity contribution is 5.94. The number of anilines is 1. The number of benzene rings is 1. The van der Waals surface area contributed by atoms with Crippen LogP contribution in [0.15, 0.2) is 30.5 Å². The molecule has 0 fully saturated rings. The van der Waals surface area contributed by atoms with Gasteiger partial charge in [-0.15, -0.1) is 5.10 Å². The van der Waals surface area contributed by atoms with E-state index in [-0.39, 0.29) is 11.6 Å². The predicted octanol–water partition coefficient (Wildman–Crippen LogP) is 1.48. The molecule has 1 heterocycles. The van der Waals surface area contributed by atoms with Crippen molar-refractivity contribution >= 4 is 17.6 Å². The second-order valence-electron chi connectivity index (χ2n) is 4.40. The van der Waals surface area contributed by atoms with E-state index in [0.717, 1.165) is 16.4 Å². The Balaban J connectivity index is 2.14. The Morgan fingerprint density at radius 2 is 1.95 bits per heavy atom. The summed E-state index contributed by atoms with van der Waals surface area (Å²) in [4.78, 5) is 23.1. The molecule has 104 valence electrons. The van der Waals surface area contributed by atoms with Gasteiger partial charge in [0.2, 0.25) is 5.91 Å². The Morgan fingerprint density at radius 1 is 1.30 bits per heavy atom. The van der Waals surface area contributed by atoms with E-state index >= 15 is 0 Å². The second-order valence-corrected chi connectivity index (χ2v) is 4.40. The van der Waals surface area contributed by atoms with E-state index in [1.165, 1.54) is 0 Å². The molecule has 7 nitrogen and oxygen atoms in total. The maximum atomic E-state index is 12.1. The quantitative estimate of drug-likeness (QED) is 0.880. The molecule has 7 heteroatoms. The van der Waals surface area contributed by atoms with Crippen molar-refractivity contribution in [3.63, 3.8) is 0 Å². The summed E-state index contributed by atoms with van der Waals surface area (Å²) in [6, 6.07) is 6.53. The number of aromatic carboxylic acids is 1. The van der Waals surface area contributed by atoms with Crippen molar-refractivity contribution in [3.8, 4) is 0 Å². The molecule has 0 aliphatic rings. The first-order valence-electron chi connectivity index (χ1n) is 6.00. The summed E-state index contributed by atoms with van der Waals surface area (Å²) in [5, 5.41) is 18.8. The molecule has 0 aliphatic heterocycles. The van der Waals surface area contributed by atoms with Gasteiger partial charge in [0.05, 0.1) is 6.20 Å². The van der Waals surface area contributed by atoms with Gasteiger partial charge in [-0.05, 0) is 26.0 Å². The number of nitrogens with zero attached hydrogens (tertiary/aromatic N) is 3. The van der Waals surface area contributed by atoms with Crippen LogP contribution in [0.1, 0.15) is 29.0 Å². The lowest BCUT2D eigenvalue weighted by Crippen LogP contribution is -2.26. The van der Waals surface area contributed by atoms with Crippen LogP contribution in [0.3, 0.4) is 0 Å². The molecule has 0 radical (unpaired) electrons. The molecular weight excluding hydrogens is 260 g/mol. The Labute approximate surface area is 115 Å². The zero-order valence-electron chi connectivity index (χ0n) is 11.1. The molecule has 20 heavy (non-hydrogen) atoms. The SMILES string of the molecule is Cc1ccc(NC(=O)C(C)n2nncc2C(=O)O)cc1. The number of aromatic nitrogens is 3. The van der Waals surface area contributed by atoms with E-state index in [1.54, 1.807) is 19.1 Å². The maximum Gasteiger partial charge on any atom is 0.355 e. The van der Waals surface area contributed by atoms with Gasteiger partial charge in [0, 0.05) is 5.69 Å². The first kappa shape index (κ1) is 13.7. The van der Waals surface area contributed by atoms with E-state index in [0.29, 0.717) is 5.69 Å². The molecule has 0 aliphatic carbocycles. The minimum atomic E-state index is -1.18. The average Bonchev–Trinajstić information content (AvgIpc) is 2.90. The van der Waals surface area contributed by atoms with Crippen molar-refractivity contribution in [2.75, 3.05) is 5.32 Å². The first-order valence-corrected chi connectivity index (χ1v) is 6.00. The summed E-state index contributed by atoms with van der Waals surface area (Å²) in [7, 11) is 0. The number of carbonyl (C=O) groups excluding carboxylic acids is 1. The van der Waals surface area contributed by atoms with Gasteiger partial charge in [0.25, 0.3) is 0 Å². The lowest BCUT2D eigenvalue weighted by atomic mass is 10.2. The number of carbonyl (C=O) groups is 2. The van der Waals surface area contributed by atoms with Gasteiger partial charge >= 0.3 is 5.97 Å². The van der Waals surface area contributed by atoms with Gasteiger partial charge in [0.1, 0.15) is 6.04 Å². The molecule has 2 N–H and O–H groups in total. The second kappa shape index (κ2) is 5.52. The third-order valence-corrected chi connectivity index (χ3v) is 2.86. The third kappa shape index (κ3) is 2.82. The minimum Gasteiger partial charge on any atom is -0.476 e. The van der Waals surface area contributed by atoms with Crippen molar-refractivity contribution in [1.29, 1.82) is 0 Å².